The van der Waals surface area contributed by atoms with Crippen molar-refractivity contribution in [3.63, 3.8) is 0 Å². The second-order valence-electron chi connectivity index (χ2n) is 4.09. The second-order valence-corrected chi connectivity index (χ2v) is 4.09. The molecule has 0 aromatic carbocycles. The van der Waals surface area contributed by atoms with Gasteiger partial charge in [0, 0.05) is 19.3 Å². The summed E-state index contributed by atoms with van der Waals surface area (Å²) in [6.07, 6.45) is 3.32. The fourth-order valence-electron chi connectivity index (χ4n) is 2.03. The molecule has 1 aromatic heterocycles. The van der Waals surface area contributed by atoms with Crippen molar-refractivity contribution < 1.29 is 9.84 Å². The highest BCUT2D eigenvalue weighted by atomic mass is 16.5. The topological polar surface area (TPSA) is 71.6 Å². The van der Waals surface area contributed by atoms with Gasteiger partial charge in [-0.05, 0) is 13.0 Å². The second kappa shape index (κ2) is 4.67. The summed E-state index contributed by atoms with van der Waals surface area (Å²) in [5, 5.41) is 9.15. The maximum absolute atomic E-state index is 9.15. The molecule has 1 fully saturated rings. The van der Waals surface area contributed by atoms with Crippen molar-refractivity contribution in [3.8, 4) is 0 Å². The summed E-state index contributed by atoms with van der Waals surface area (Å²) >= 11 is 0. The molecule has 0 aliphatic carbocycles. The predicted octanol–water partition coefficient (Wildman–Crippen LogP) is 0.250. The molecule has 0 amide bonds. The van der Waals surface area contributed by atoms with Crippen molar-refractivity contribution in [2.24, 2.45) is 0 Å². The Morgan fingerprint density at radius 1 is 1.62 bits per heavy atom. The van der Waals surface area contributed by atoms with Crippen LogP contribution < -0.4 is 10.6 Å². The summed E-state index contributed by atoms with van der Waals surface area (Å²) in [6, 6.07) is 1.89. The molecule has 2 rings (SSSR count). The van der Waals surface area contributed by atoms with E-state index in [1.54, 1.807) is 12.4 Å². The number of ether oxygens (including phenoxy) is 1. The average Bonchev–Trinajstić information content (AvgIpc) is 2.28. The number of hydrogen-bond donors (Lipinski definition) is 2. The molecule has 5 heteroatoms. The number of aromatic nitrogens is 1. The summed E-state index contributed by atoms with van der Waals surface area (Å²) in [4.78, 5) is 6.10. The number of anilines is 2. The molecule has 2 unspecified atom stereocenters. The first kappa shape index (κ1) is 11.2. The van der Waals surface area contributed by atoms with Crippen molar-refractivity contribution in [1.29, 1.82) is 0 Å². The van der Waals surface area contributed by atoms with Gasteiger partial charge in [-0.25, -0.2) is 0 Å². The van der Waals surface area contributed by atoms with Crippen molar-refractivity contribution in [2.45, 2.75) is 19.1 Å². The summed E-state index contributed by atoms with van der Waals surface area (Å²) in [6.45, 7) is 3.47. The highest BCUT2D eigenvalue weighted by Crippen LogP contribution is 2.24. The van der Waals surface area contributed by atoms with E-state index in [2.05, 4.69) is 9.88 Å². The minimum Gasteiger partial charge on any atom is -0.396 e. The van der Waals surface area contributed by atoms with Crippen LogP contribution >= 0.6 is 0 Å². The molecular formula is C11H17N3O2. The molecule has 0 spiro atoms. The first-order valence-corrected chi connectivity index (χ1v) is 5.41. The molecule has 1 saturated heterocycles. The average molecular weight is 223 g/mol. The van der Waals surface area contributed by atoms with Gasteiger partial charge in [0.05, 0.1) is 36.4 Å². The predicted molar refractivity (Wildman–Crippen MR) is 62.3 cm³/mol. The fourth-order valence-corrected chi connectivity index (χ4v) is 2.03. The molecule has 2 heterocycles. The minimum absolute atomic E-state index is 0.0336. The van der Waals surface area contributed by atoms with Gasteiger partial charge < -0.3 is 20.5 Å². The number of nitrogens with zero attached hydrogens (tertiary/aromatic N) is 2. The van der Waals surface area contributed by atoms with E-state index < -0.39 is 0 Å². The smallest absolute Gasteiger partial charge is 0.0984 e. The number of morpholine rings is 1. The molecule has 16 heavy (non-hydrogen) atoms. The van der Waals surface area contributed by atoms with Gasteiger partial charge in [0.2, 0.25) is 0 Å². The lowest BCUT2D eigenvalue weighted by atomic mass is 10.2. The van der Waals surface area contributed by atoms with Crippen LogP contribution in [0.5, 0.6) is 0 Å². The molecule has 88 valence electrons. The molecule has 0 bridgehead atoms. The van der Waals surface area contributed by atoms with Crippen LogP contribution in [0, 0.1) is 0 Å². The van der Waals surface area contributed by atoms with Crippen LogP contribution in [0.2, 0.25) is 0 Å². The Bertz CT molecular complexity index is 359. The normalized spacial score (nSPS) is 25.8. The Labute approximate surface area is 94.8 Å². The molecule has 2 atom stereocenters. The highest BCUT2D eigenvalue weighted by Gasteiger charge is 2.25. The maximum Gasteiger partial charge on any atom is 0.0984 e. The zero-order chi connectivity index (χ0) is 11.5. The van der Waals surface area contributed by atoms with Gasteiger partial charge in [-0.3, -0.25) is 4.98 Å². The van der Waals surface area contributed by atoms with Gasteiger partial charge in [-0.1, -0.05) is 0 Å². The molecule has 1 aliphatic heterocycles. The van der Waals surface area contributed by atoms with E-state index in [1.165, 1.54) is 0 Å². The lowest BCUT2D eigenvalue weighted by Gasteiger charge is -2.37. The number of nitrogen functional groups attached to an aromatic ring is 1. The quantitative estimate of drug-likeness (QED) is 0.752. The SMILES string of the molecule is CC1CN(c2ccncc2N)CC(CO)O1. The summed E-state index contributed by atoms with van der Waals surface area (Å²) < 4.78 is 5.58. The van der Waals surface area contributed by atoms with Gasteiger partial charge in [-0.15, -0.1) is 0 Å². The van der Waals surface area contributed by atoms with Crippen molar-refractivity contribution in [2.75, 3.05) is 30.3 Å². The summed E-state index contributed by atoms with van der Waals surface area (Å²) in [5.74, 6) is 0. The van der Waals surface area contributed by atoms with Gasteiger partial charge in [0.1, 0.15) is 0 Å². The van der Waals surface area contributed by atoms with E-state index in [1.807, 2.05) is 13.0 Å². The van der Waals surface area contributed by atoms with E-state index in [-0.39, 0.29) is 18.8 Å². The van der Waals surface area contributed by atoms with Crippen LogP contribution in [0.3, 0.4) is 0 Å². The monoisotopic (exact) mass is 223 g/mol. The summed E-state index contributed by atoms with van der Waals surface area (Å²) in [5.41, 5.74) is 7.50. The number of nitrogens with two attached hydrogens (primary N) is 1. The number of pyridine rings is 1. The third kappa shape index (κ3) is 2.25. The Hall–Kier alpha value is -1.33. The minimum atomic E-state index is -0.142. The highest BCUT2D eigenvalue weighted by molar-refractivity contribution is 5.66. The third-order valence-corrected chi connectivity index (χ3v) is 2.70. The van der Waals surface area contributed by atoms with Gasteiger partial charge >= 0.3 is 0 Å². The molecule has 3 N–H and O–H groups in total. The van der Waals surface area contributed by atoms with E-state index in [0.29, 0.717) is 12.2 Å². The van der Waals surface area contributed by atoms with Crippen LogP contribution in [0.15, 0.2) is 18.5 Å². The lowest BCUT2D eigenvalue weighted by Crippen LogP contribution is -2.48. The van der Waals surface area contributed by atoms with E-state index >= 15 is 0 Å². The summed E-state index contributed by atoms with van der Waals surface area (Å²) in [7, 11) is 0. The Balaban J connectivity index is 2.17. The van der Waals surface area contributed by atoms with Gasteiger partial charge in [0.25, 0.3) is 0 Å². The first-order chi connectivity index (χ1) is 7.70. The van der Waals surface area contributed by atoms with Crippen LogP contribution in [-0.2, 0) is 4.74 Å². The standard InChI is InChI=1S/C11H17N3O2/c1-8-5-14(6-9(7-15)16-8)11-2-3-13-4-10(11)12/h2-4,8-9,15H,5-7,12H2,1H3. The molecule has 1 aromatic rings. The van der Waals surface area contributed by atoms with Crippen LogP contribution in [0.25, 0.3) is 0 Å². The zero-order valence-corrected chi connectivity index (χ0v) is 9.34. The third-order valence-electron chi connectivity index (χ3n) is 2.70. The van der Waals surface area contributed by atoms with Crippen LogP contribution in [0.1, 0.15) is 6.92 Å². The maximum atomic E-state index is 9.15. The van der Waals surface area contributed by atoms with E-state index in [9.17, 15) is 0 Å². The number of aliphatic hydroxyl groups is 1. The molecular weight excluding hydrogens is 206 g/mol. The molecule has 5 nitrogen and oxygen atoms in total. The van der Waals surface area contributed by atoms with E-state index in [0.717, 1.165) is 12.2 Å². The van der Waals surface area contributed by atoms with Gasteiger partial charge in [0.15, 0.2) is 0 Å². The Morgan fingerprint density at radius 3 is 3.12 bits per heavy atom. The molecule has 0 radical (unpaired) electrons. The van der Waals surface area contributed by atoms with Crippen molar-refractivity contribution in [3.05, 3.63) is 18.5 Å². The van der Waals surface area contributed by atoms with Gasteiger partial charge in [-0.2, -0.15) is 0 Å². The van der Waals surface area contributed by atoms with Crippen LogP contribution in [-0.4, -0.2) is 42.0 Å². The zero-order valence-electron chi connectivity index (χ0n) is 9.34. The first-order valence-electron chi connectivity index (χ1n) is 5.41. The molecule has 0 saturated carbocycles. The van der Waals surface area contributed by atoms with Crippen molar-refractivity contribution >= 4 is 11.4 Å². The Kier molecular flexibility index (Phi) is 3.26. The number of rotatable bonds is 2. The lowest BCUT2D eigenvalue weighted by molar-refractivity contribution is -0.0420. The number of aliphatic hydroxyl groups excluding tert-OH is 1. The largest absolute Gasteiger partial charge is 0.396 e. The number of hydrogen-bond acceptors (Lipinski definition) is 5. The fraction of sp³-hybridized carbons (Fsp3) is 0.545. The molecule has 1 aliphatic rings. The Morgan fingerprint density at radius 2 is 2.44 bits per heavy atom. The van der Waals surface area contributed by atoms with Crippen LogP contribution in [0.4, 0.5) is 11.4 Å². The van der Waals surface area contributed by atoms with Crippen molar-refractivity contribution in [1.82, 2.24) is 4.98 Å². The van der Waals surface area contributed by atoms with E-state index in [4.69, 9.17) is 15.6 Å².